The summed E-state index contributed by atoms with van der Waals surface area (Å²) in [6.45, 7) is 8.17. The van der Waals surface area contributed by atoms with Crippen molar-refractivity contribution in [2.45, 2.75) is 38.9 Å². The smallest absolute Gasteiger partial charge is 0.425 e. The van der Waals surface area contributed by atoms with Crippen LogP contribution in [0.1, 0.15) is 27.7 Å². The Morgan fingerprint density at radius 3 is 2.12 bits per heavy atom. The van der Waals surface area contributed by atoms with Crippen LogP contribution in [0.3, 0.4) is 0 Å². The average Bonchev–Trinajstić information content (AvgIpc) is 2.82. The molecule has 2 aromatic carbocycles. The van der Waals surface area contributed by atoms with Gasteiger partial charge in [-0.15, -0.1) is 0 Å². The van der Waals surface area contributed by atoms with Crippen molar-refractivity contribution >= 4 is 24.2 Å². The number of rotatable bonds is 5. The van der Waals surface area contributed by atoms with E-state index in [2.05, 4.69) is 5.32 Å². The van der Waals surface area contributed by atoms with E-state index in [0.29, 0.717) is 5.75 Å². The molecule has 0 amide bonds. The Bertz CT molecular complexity index is 743. The second-order valence-electron chi connectivity index (χ2n) is 7.35. The van der Waals surface area contributed by atoms with Crippen molar-refractivity contribution in [3.05, 3.63) is 54.6 Å². The zero-order chi connectivity index (χ0) is 18.8. The van der Waals surface area contributed by atoms with Crippen molar-refractivity contribution in [3.63, 3.8) is 0 Å². The zero-order valence-electron chi connectivity index (χ0n) is 15.6. The van der Waals surface area contributed by atoms with Gasteiger partial charge in [-0.1, -0.05) is 30.3 Å². The Morgan fingerprint density at radius 1 is 0.962 bits per heavy atom. The molecule has 0 unspecified atom stereocenters. The van der Waals surface area contributed by atoms with Crippen molar-refractivity contribution in [2.24, 2.45) is 0 Å². The summed E-state index contributed by atoms with van der Waals surface area (Å²) in [6, 6.07) is 16.7. The number of esters is 1. The third-order valence-corrected chi connectivity index (χ3v) is 4.85. The highest BCUT2D eigenvalue weighted by Gasteiger charge is 2.51. The highest BCUT2D eigenvalue weighted by Crippen LogP contribution is 2.36. The molecule has 1 aliphatic rings. The van der Waals surface area contributed by atoms with Gasteiger partial charge in [-0.25, -0.2) is 4.79 Å². The Labute approximate surface area is 154 Å². The largest absolute Gasteiger partial charge is 0.494 e. The Kier molecular flexibility index (Phi) is 5.07. The molecule has 0 radical (unpaired) electrons. The van der Waals surface area contributed by atoms with Gasteiger partial charge in [0.15, 0.2) is 0 Å². The fourth-order valence-corrected chi connectivity index (χ4v) is 2.57. The summed E-state index contributed by atoms with van der Waals surface area (Å²) in [4.78, 5) is 12.0. The van der Waals surface area contributed by atoms with Gasteiger partial charge in [-0.3, -0.25) is 0 Å². The quantitative estimate of drug-likeness (QED) is 0.509. The van der Waals surface area contributed by atoms with Gasteiger partial charge >= 0.3 is 13.1 Å². The topological polar surface area (TPSA) is 56.8 Å². The fraction of sp³-hybridized carbons (Fsp3) is 0.350. The minimum absolute atomic E-state index is 0.100. The van der Waals surface area contributed by atoms with E-state index >= 15 is 0 Å². The number of para-hydroxylation sites is 1. The average molecular weight is 353 g/mol. The number of carbonyl (C=O) groups excluding carboxylic acids is 1. The first-order valence-electron chi connectivity index (χ1n) is 8.72. The van der Waals surface area contributed by atoms with Gasteiger partial charge < -0.3 is 19.4 Å². The maximum absolute atomic E-state index is 12.0. The molecule has 0 atom stereocenters. The van der Waals surface area contributed by atoms with Gasteiger partial charge in [0.05, 0.1) is 11.2 Å². The van der Waals surface area contributed by atoms with Crippen LogP contribution in [-0.2, 0) is 14.1 Å². The van der Waals surface area contributed by atoms with Crippen LogP contribution in [0.5, 0.6) is 5.75 Å². The van der Waals surface area contributed by atoms with Crippen molar-refractivity contribution in [1.82, 2.24) is 0 Å². The number of nitrogens with one attached hydrogen (secondary N) is 1. The first kappa shape index (κ1) is 18.5. The monoisotopic (exact) mass is 353 g/mol. The summed E-state index contributed by atoms with van der Waals surface area (Å²) < 4.78 is 17.4. The molecule has 3 rings (SSSR count). The van der Waals surface area contributed by atoms with E-state index in [0.717, 1.165) is 11.2 Å². The van der Waals surface area contributed by atoms with E-state index in [1.807, 2.05) is 70.2 Å². The molecule has 26 heavy (non-hydrogen) atoms. The van der Waals surface area contributed by atoms with Crippen molar-refractivity contribution < 1.29 is 18.8 Å². The normalized spacial score (nSPS) is 17.8. The lowest BCUT2D eigenvalue weighted by molar-refractivity contribution is -0.132. The number of hydrogen-bond donors (Lipinski definition) is 1. The molecule has 136 valence electrons. The number of carbonyl (C=O) groups is 1. The molecule has 0 saturated carbocycles. The van der Waals surface area contributed by atoms with E-state index in [1.165, 1.54) is 0 Å². The maximum Gasteiger partial charge on any atom is 0.494 e. The van der Waals surface area contributed by atoms with Crippen LogP contribution < -0.4 is 15.5 Å². The summed E-state index contributed by atoms with van der Waals surface area (Å²) in [6.07, 6.45) is 0. The highest BCUT2D eigenvalue weighted by molar-refractivity contribution is 6.62. The minimum atomic E-state index is -0.426. The van der Waals surface area contributed by atoms with Gasteiger partial charge in [-0.05, 0) is 57.4 Å². The third kappa shape index (κ3) is 4.08. The molecular weight excluding hydrogens is 329 g/mol. The maximum atomic E-state index is 12.0. The van der Waals surface area contributed by atoms with Crippen LogP contribution in [0.15, 0.2) is 54.6 Å². The van der Waals surface area contributed by atoms with E-state index in [4.69, 9.17) is 14.0 Å². The van der Waals surface area contributed by atoms with Crippen LogP contribution in [0.25, 0.3) is 0 Å². The predicted octanol–water partition coefficient (Wildman–Crippen LogP) is 3.00. The predicted molar refractivity (Wildman–Crippen MR) is 103 cm³/mol. The van der Waals surface area contributed by atoms with Gasteiger partial charge in [0.1, 0.15) is 12.3 Å². The van der Waals surface area contributed by atoms with Crippen molar-refractivity contribution in [1.29, 1.82) is 0 Å². The minimum Gasteiger partial charge on any atom is -0.425 e. The molecule has 1 aliphatic heterocycles. The molecule has 1 N–H and O–H groups in total. The van der Waals surface area contributed by atoms with E-state index in [1.54, 1.807) is 12.1 Å². The van der Waals surface area contributed by atoms with Crippen molar-refractivity contribution in [2.75, 3.05) is 11.9 Å². The SMILES string of the molecule is CC1(C)OB(c2ccc(OC(=O)CNc3ccccc3)cc2)OC1(C)C. The number of hydrogen-bond acceptors (Lipinski definition) is 5. The first-order valence-corrected chi connectivity index (χ1v) is 8.72. The van der Waals surface area contributed by atoms with Gasteiger partial charge in [0.2, 0.25) is 0 Å². The van der Waals surface area contributed by atoms with Crippen LogP contribution in [-0.4, -0.2) is 30.8 Å². The Balaban J connectivity index is 1.56. The summed E-state index contributed by atoms with van der Waals surface area (Å²) in [5.74, 6) is 0.141. The third-order valence-electron chi connectivity index (χ3n) is 4.85. The number of benzene rings is 2. The van der Waals surface area contributed by atoms with Crippen LogP contribution >= 0.6 is 0 Å². The molecule has 0 bridgehead atoms. The molecular formula is C20H24BNO4. The first-order chi connectivity index (χ1) is 12.3. The Morgan fingerprint density at radius 2 is 1.54 bits per heavy atom. The van der Waals surface area contributed by atoms with Crippen LogP contribution in [0.2, 0.25) is 0 Å². The van der Waals surface area contributed by atoms with Gasteiger partial charge in [-0.2, -0.15) is 0 Å². The Hall–Kier alpha value is -2.31. The summed E-state index contributed by atoms with van der Waals surface area (Å²) in [5, 5.41) is 3.02. The molecule has 0 aromatic heterocycles. The number of anilines is 1. The zero-order valence-corrected chi connectivity index (χ0v) is 15.6. The summed E-state index contributed by atoms with van der Waals surface area (Å²) in [7, 11) is -0.426. The summed E-state index contributed by atoms with van der Waals surface area (Å²) >= 11 is 0. The lowest BCUT2D eigenvalue weighted by Gasteiger charge is -2.32. The summed E-state index contributed by atoms with van der Waals surface area (Å²) in [5.41, 5.74) is 1.00. The van der Waals surface area contributed by atoms with Crippen molar-refractivity contribution in [3.8, 4) is 5.75 Å². The van der Waals surface area contributed by atoms with E-state index in [9.17, 15) is 4.79 Å². The molecule has 2 aromatic rings. The van der Waals surface area contributed by atoms with Gasteiger partial charge in [0, 0.05) is 5.69 Å². The van der Waals surface area contributed by atoms with Gasteiger partial charge in [0.25, 0.3) is 0 Å². The molecule has 1 saturated heterocycles. The molecule has 6 heteroatoms. The lowest BCUT2D eigenvalue weighted by Crippen LogP contribution is -2.41. The fourth-order valence-electron chi connectivity index (χ4n) is 2.57. The molecule has 0 aliphatic carbocycles. The lowest BCUT2D eigenvalue weighted by atomic mass is 9.79. The standard InChI is InChI=1S/C20H24BNO4/c1-19(2)20(3,4)26-21(25-19)15-10-12-17(13-11-15)24-18(23)14-22-16-8-6-5-7-9-16/h5-13,22H,14H2,1-4H3. The second-order valence-corrected chi connectivity index (χ2v) is 7.35. The van der Waals surface area contributed by atoms with E-state index < -0.39 is 7.12 Å². The second kappa shape index (κ2) is 7.13. The number of ether oxygens (including phenoxy) is 1. The van der Waals surface area contributed by atoms with Crippen LogP contribution in [0, 0.1) is 0 Å². The molecule has 0 spiro atoms. The van der Waals surface area contributed by atoms with E-state index in [-0.39, 0.29) is 23.7 Å². The molecule has 1 heterocycles. The van der Waals surface area contributed by atoms with Crippen LogP contribution in [0.4, 0.5) is 5.69 Å². The molecule has 5 nitrogen and oxygen atoms in total. The highest BCUT2D eigenvalue weighted by atomic mass is 16.7. The molecule has 1 fully saturated rings.